The number of nitrogens with one attached hydrogen (secondary N) is 1. The lowest BCUT2D eigenvalue weighted by molar-refractivity contribution is 0.426. The number of hydrogen-bond donors (Lipinski definition) is 2. The number of rotatable bonds is 1. The van der Waals surface area contributed by atoms with E-state index in [1.165, 1.54) is 18.4 Å². The Hall–Kier alpha value is -1.94. The maximum Gasteiger partial charge on any atom is 0.255 e. The Balaban J connectivity index is 2.05. The molecule has 0 atom stereocenters. The Kier molecular flexibility index (Phi) is 2.76. The minimum atomic E-state index is -0.0165. The van der Waals surface area contributed by atoms with Crippen molar-refractivity contribution in [3.8, 4) is 11.3 Å². The molecule has 0 unspecified atom stereocenters. The van der Waals surface area contributed by atoms with E-state index >= 15 is 0 Å². The zero-order chi connectivity index (χ0) is 14.4. The predicted octanol–water partition coefficient (Wildman–Crippen LogP) is 2.26. The fourth-order valence-electron chi connectivity index (χ4n) is 4.14. The average Bonchev–Trinajstić information content (AvgIpc) is 2.95. The smallest absolute Gasteiger partial charge is 0.255 e. The van der Waals surface area contributed by atoms with Crippen molar-refractivity contribution in [2.45, 2.75) is 44.1 Å². The molecule has 2 aliphatic rings. The minimum absolute atomic E-state index is 0.0110. The second-order valence-corrected chi connectivity index (χ2v) is 6.26. The number of nitrogens with zero attached hydrogens (tertiary/aromatic N) is 1. The summed E-state index contributed by atoms with van der Waals surface area (Å²) >= 11 is 0. The summed E-state index contributed by atoms with van der Waals surface area (Å²) in [5.74, 6) is 0.573. The van der Waals surface area contributed by atoms with Crippen LogP contribution in [0.1, 0.15) is 42.6 Å². The summed E-state index contributed by atoms with van der Waals surface area (Å²) in [7, 11) is 0. The molecule has 2 aromatic rings. The van der Waals surface area contributed by atoms with Crippen LogP contribution in [0.5, 0.6) is 0 Å². The van der Waals surface area contributed by atoms with Gasteiger partial charge in [0.2, 0.25) is 0 Å². The van der Waals surface area contributed by atoms with Crippen LogP contribution in [0.25, 0.3) is 11.3 Å². The molecule has 0 radical (unpaired) electrons. The lowest BCUT2D eigenvalue weighted by atomic mass is 9.68. The van der Waals surface area contributed by atoms with E-state index in [4.69, 9.17) is 5.73 Å². The molecule has 2 aliphatic carbocycles. The first-order valence-corrected chi connectivity index (χ1v) is 7.65. The van der Waals surface area contributed by atoms with E-state index in [0.717, 1.165) is 36.1 Å². The molecular formula is C17H19N3O. The molecule has 1 aromatic heterocycles. The second kappa shape index (κ2) is 4.53. The number of aromatic amines is 1. The molecule has 1 aromatic carbocycles. The summed E-state index contributed by atoms with van der Waals surface area (Å²) < 4.78 is 0. The number of benzene rings is 1. The van der Waals surface area contributed by atoms with Gasteiger partial charge in [-0.05, 0) is 24.8 Å². The Labute approximate surface area is 123 Å². The highest BCUT2D eigenvalue weighted by atomic mass is 16.1. The molecule has 1 saturated carbocycles. The number of nitrogens with two attached hydrogens (primary N) is 1. The van der Waals surface area contributed by atoms with E-state index in [0.29, 0.717) is 5.82 Å². The zero-order valence-corrected chi connectivity index (χ0v) is 12.0. The van der Waals surface area contributed by atoms with Crippen LogP contribution >= 0.6 is 0 Å². The molecule has 4 nitrogen and oxygen atoms in total. The number of hydrogen-bond acceptors (Lipinski definition) is 3. The maximum absolute atomic E-state index is 12.7. The van der Waals surface area contributed by atoms with E-state index in [1.807, 2.05) is 6.07 Å². The number of fused-ring (bicyclic) bond motifs is 4. The minimum Gasteiger partial charge on any atom is -0.324 e. The summed E-state index contributed by atoms with van der Waals surface area (Å²) in [5, 5.41) is 0. The predicted molar refractivity (Wildman–Crippen MR) is 82.0 cm³/mol. The fraction of sp³-hybridized carbons (Fsp3) is 0.412. The van der Waals surface area contributed by atoms with Gasteiger partial charge in [0.15, 0.2) is 0 Å². The van der Waals surface area contributed by atoms with Gasteiger partial charge < -0.3 is 10.7 Å². The molecule has 1 fully saturated rings. The van der Waals surface area contributed by atoms with Gasteiger partial charge >= 0.3 is 0 Å². The highest BCUT2D eigenvalue weighted by molar-refractivity contribution is 5.71. The van der Waals surface area contributed by atoms with Crippen molar-refractivity contribution in [3.05, 3.63) is 51.6 Å². The van der Waals surface area contributed by atoms with Crippen molar-refractivity contribution in [2.75, 3.05) is 0 Å². The van der Waals surface area contributed by atoms with Crippen LogP contribution in [0, 0.1) is 0 Å². The molecule has 21 heavy (non-hydrogen) atoms. The van der Waals surface area contributed by atoms with Crippen LogP contribution in [-0.2, 0) is 18.4 Å². The van der Waals surface area contributed by atoms with Crippen LogP contribution in [0.3, 0.4) is 0 Å². The van der Waals surface area contributed by atoms with Crippen molar-refractivity contribution < 1.29 is 0 Å². The van der Waals surface area contributed by atoms with Crippen LogP contribution in [0.2, 0.25) is 0 Å². The SMILES string of the molecule is NCc1nc2c(c(=O)[nH]1)C1(CCCC1)Cc1ccccc1-2. The quantitative estimate of drug-likeness (QED) is 0.842. The number of aromatic nitrogens is 2. The van der Waals surface area contributed by atoms with Crippen LogP contribution < -0.4 is 11.3 Å². The van der Waals surface area contributed by atoms with E-state index in [-0.39, 0.29) is 17.5 Å². The van der Waals surface area contributed by atoms with E-state index in [9.17, 15) is 4.79 Å². The lowest BCUT2D eigenvalue weighted by Gasteiger charge is -2.35. The van der Waals surface area contributed by atoms with Gasteiger partial charge in [-0.15, -0.1) is 0 Å². The summed E-state index contributed by atoms with van der Waals surface area (Å²) in [4.78, 5) is 20.2. The second-order valence-electron chi connectivity index (χ2n) is 6.26. The first-order valence-electron chi connectivity index (χ1n) is 7.65. The molecule has 1 spiro atoms. The highest BCUT2D eigenvalue weighted by Crippen LogP contribution is 2.49. The van der Waals surface area contributed by atoms with Crippen LogP contribution in [0.15, 0.2) is 29.1 Å². The number of H-pyrrole nitrogens is 1. The van der Waals surface area contributed by atoms with Gasteiger partial charge in [-0.3, -0.25) is 4.79 Å². The molecule has 3 N–H and O–H groups in total. The zero-order valence-electron chi connectivity index (χ0n) is 12.0. The van der Waals surface area contributed by atoms with Gasteiger partial charge in [0.1, 0.15) is 5.82 Å². The molecule has 0 saturated heterocycles. The Morgan fingerprint density at radius 1 is 1.24 bits per heavy atom. The van der Waals surface area contributed by atoms with E-state index < -0.39 is 0 Å². The molecule has 4 rings (SSSR count). The van der Waals surface area contributed by atoms with Gasteiger partial charge in [-0.2, -0.15) is 0 Å². The van der Waals surface area contributed by atoms with Crippen molar-refractivity contribution in [2.24, 2.45) is 5.73 Å². The van der Waals surface area contributed by atoms with Crippen LogP contribution in [-0.4, -0.2) is 9.97 Å². The summed E-state index contributed by atoms with van der Waals surface area (Å²) in [5.41, 5.74) is 9.86. The topological polar surface area (TPSA) is 71.8 Å². The molecule has 1 heterocycles. The third-order valence-corrected chi connectivity index (χ3v) is 5.05. The van der Waals surface area contributed by atoms with Crippen LogP contribution in [0.4, 0.5) is 0 Å². The monoisotopic (exact) mass is 281 g/mol. The first-order chi connectivity index (χ1) is 10.2. The Morgan fingerprint density at radius 2 is 2.00 bits per heavy atom. The molecule has 108 valence electrons. The Morgan fingerprint density at radius 3 is 2.76 bits per heavy atom. The normalized spacial score (nSPS) is 18.5. The maximum atomic E-state index is 12.7. The van der Waals surface area contributed by atoms with E-state index in [2.05, 4.69) is 28.2 Å². The van der Waals surface area contributed by atoms with Crippen molar-refractivity contribution >= 4 is 0 Å². The third-order valence-electron chi connectivity index (χ3n) is 5.05. The average molecular weight is 281 g/mol. The largest absolute Gasteiger partial charge is 0.324 e. The van der Waals surface area contributed by atoms with Gasteiger partial charge in [-0.25, -0.2) is 4.98 Å². The van der Waals surface area contributed by atoms with Gasteiger partial charge in [0.05, 0.1) is 17.8 Å². The van der Waals surface area contributed by atoms with Crippen molar-refractivity contribution in [1.82, 2.24) is 9.97 Å². The van der Waals surface area contributed by atoms with Gasteiger partial charge in [0, 0.05) is 11.0 Å². The Bertz CT molecular complexity index is 757. The van der Waals surface area contributed by atoms with Gasteiger partial charge in [0.25, 0.3) is 5.56 Å². The molecule has 4 heteroatoms. The molecular weight excluding hydrogens is 262 g/mol. The fourth-order valence-corrected chi connectivity index (χ4v) is 4.14. The summed E-state index contributed by atoms with van der Waals surface area (Å²) in [6.07, 6.45) is 5.52. The highest BCUT2D eigenvalue weighted by Gasteiger charge is 2.43. The summed E-state index contributed by atoms with van der Waals surface area (Å²) in [6.45, 7) is 0.262. The lowest BCUT2D eigenvalue weighted by Crippen LogP contribution is -2.37. The molecule has 0 aliphatic heterocycles. The first kappa shape index (κ1) is 12.8. The molecule has 0 bridgehead atoms. The summed E-state index contributed by atoms with van der Waals surface area (Å²) in [6, 6.07) is 8.33. The van der Waals surface area contributed by atoms with Crippen molar-refractivity contribution in [1.29, 1.82) is 0 Å². The van der Waals surface area contributed by atoms with E-state index in [1.54, 1.807) is 0 Å². The third kappa shape index (κ3) is 1.79. The van der Waals surface area contributed by atoms with Crippen molar-refractivity contribution in [3.63, 3.8) is 0 Å². The van der Waals surface area contributed by atoms with Gasteiger partial charge in [-0.1, -0.05) is 37.1 Å². The molecule has 0 amide bonds. The standard InChI is InChI=1S/C17H19N3O/c18-10-13-19-15-12-6-2-1-5-11(12)9-17(7-3-4-8-17)14(15)16(21)20-13/h1-2,5-6H,3-4,7-10,18H2,(H,19,20,21).